The molecule has 5 rings (SSSR count). The Kier molecular flexibility index (Phi) is 3.85. The van der Waals surface area contributed by atoms with Crippen molar-refractivity contribution in [3.63, 3.8) is 0 Å². The summed E-state index contributed by atoms with van der Waals surface area (Å²) >= 11 is 4.63. The van der Waals surface area contributed by atoms with Crippen molar-refractivity contribution in [1.82, 2.24) is 4.90 Å². The molecular weight excluding hydrogens is 322 g/mol. The van der Waals surface area contributed by atoms with Gasteiger partial charge in [-0.1, -0.05) is 37.5 Å². The van der Waals surface area contributed by atoms with E-state index in [0.717, 1.165) is 29.3 Å². The van der Waals surface area contributed by atoms with Crippen LogP contribution in [0.15, 0.2) is 34.3 Å². The maximum absolute atomic E-state index is 4.63. The summed E-state index contributed by atoms with van der Waals surface area (Å²) in [5.41, 5.74) is 4.64. The van der Waals surface area contributed by atoms with Crippen LogP contribution >= 0.6 is 12.6 Å². The standard InChI is InChI=1S/C23H33NS/c1-3-6-19(25)10-9-17-13-20-21-22(15-24(20)18-7-4-8-18)11-5-12-23(21,14-22)16(17)2/h6,9-10,18,20-21,25H,3-5,7-8,11-15H2,1-2H3/b10-9-,19-6?. The van der Waals surface area contributed by atoms with E-state index in [2.05, 4.69) is 49.6 Å². The Bertz CT molecular complexity index is 670. The van der Waals surface area contributed by atoms with Gasteiger partial charge in [0.2, 0.25) is 0 Å². The minimum atomic E-state index is 0.560. The first-order chi connectivity index (χ1) is 12.1. The van der Waals surface area contributed by atoms with E-state index in [1.54, 1.807) is 11.1 Å². The highest BCUT2D eigenvalue weighted by atomic mass is 32.1. The second-order valence-corrected chi connectivity index (χ2v) is 10.1. The number of thiol groups is 1. The van der Waals surface area contributed by atoms with Crippen LogP contribution in [0.2, 0.25) is 0 Å². The first-order valence-corrected chi connectivity index (χ1v) is 11.1. The molecule has 1 saturated heterocycles. The van der Waals surface area contributed by atoms with Crippen molar-refractivity contribution in [3.05, 3.63) is 34.3 Å². The summed E-state index contributed by atoms with van der Waals surface area (Å²) in [6.45, 7) is 6.08. The SMILES string of the molecule is CCC=C(S)/C=C\C1=C(C)C23CCCC4(CN(C5CCC5)C(C1)C42)C3. The molecule has 1 nitrogen and oxygen atoms in total. The largest absolute Gasteiger partial charge is 0.296 e. The van der Waals surface area contributed by atoms with Crippen molar-refractivity contribution in [2.24, 2.45) is 16.7 Å². The van der Waals surface area contributed by atoms with Crippen LogP contribution < -0.4 is 0 Å². The van der Waals surface area contributed by atoms with Gasteiger partial charge in [0, 0.05) is 18.6 Å². The van der Waals surface area contributed by atoms with E-state index in [4.69, 9.17) is 0 Å². The molecule has 0 N–H and O–H groups in total. The van der Waals surface area contributed by atoms with E-state index in [0.29, 0.717) is 10.8 Å². The maximum atomic E-state index is 4.63. The smallest absolute Gasteiger partial charge is 0.0181 e. The average Bonchev–Trinajstić information content (AvgIpc) is 2.80. The zero-order valence-electron chi connectivity index (χ0n) is 15.9. The van der Waals surface area contributed by atoms with Gasteiger partial charge < -0.3 is 0 Å². The predicted octanol–water partition coefficient (Wildman–Crippen LogP) is 5.90. The van der Waals surface area contributed by atoms with Gasteiger partial charge in [0.15, 0.2) is 0 Å². The molecule has 1 heterocycles. The van der Waals surface area contributed by atoms with Gasteiger partial charge in [-0.3, -0.25) is 4.90 Å². The molecule has 4 atom stereocenters. The van der Waals surface area contributed by atoms with Crippen LogP contribution in [-0.4, -0.2) is 23.5 Å². The molecule has 2 heteroatoms. The molecule has 0 aromatic rings. The molecular formula is C23H33NS. The lowest BCUT2D eigenvalue weighted by Crippen LogP contribution is -2.63. The number of likely N-dealkylation sites (tertiary alicyclic amines) is 1. The zero-order chi connectivity index (χ0) is 17.2. The minimum Gasteiger partial charge on any atom is -0.296 e. The van der Waals surface area contributed by atoms with Gasteiger partial charge in [-0.2, -0.15) is 0 Å². The predicted molar refractivity (Wildman–Crippen MR) is 109 cm³/mol. The Hall–Kier alpha value is -0.470. The summed E-state index contributed by atoms with van der Waals surface area (Å²) in [6.07, 6.45) is 19.5. The third-order valence-electron chi connectivity index (χ3n) is 8.60. The Morgan fingerprint density at radius 1 is 1.28 bits per heavy atom. The van der Waals surface area contributed by atoms with Crippen molar-refractivity contribution in [1.29, 1.82) is 0 Å². The molecule has 2 bridgehead atoms. The van der Waals surface area contributed by atoms with Crippen LogP contribution in [0.1, 0.15) is 71.6 Å². The summed E-state index contributed by atoms with van der Waals surface area (Å²) in [5.74, 6) is 0.980. The summed E-state index contributed by atoms with van der Waals surface area (Å²) in [5, 5.41) is 0. The highest BCUT2D eigenvalue weighted by Crippen LogP contribution is 2.77. The first-order valence-electron chi connectivity index (χ1n) is 10.6. The van der Waals surface area contributed by atoms with E-state index in [1.165, 1.54) is 57.9 Å². The van der Waals surface area contributed by atoms with Crippen molar-refractivity contribution < 1.29 is 0 Å². The molecule has 0 radical (unpaired) electrons. The summed E-state index contributed by atoms with van der Waals surface area (Å²) in [6, 6.07) is 1.74. The van der Waals surface area contributed by atoms with Crippen molar-refractivity contribution in [2.45, 2.75) is 83.7 Å². The fourth-order valence-electron chi connectivity index (χ4n) is 7.49. The Labute approximate surface area is 159 Å². The second-order valence-electron chi connectivity index (χ2n) is 9.58. The monoisotopic (exact) mass is 355 g/mol. The topological polar surface area (TPSA) is 3.24 Å². The van der Waals surface area contributed by atoms with Crippen molar-refractivity contribution in [3.8, 4) is 0 Å². The summed E-state index contributed by atoms with van der Waals surface area (Å²) in [7, 11) is 0. The molecule has 4 unspecified atom stereocenters. The van der Waals surface area contributed by atoms with E-state index in [-0.39, 0.29) is 0 Å². The first kappa shape index (κ1) is 16.7. The minimum absolute atomic E-state index is 0.560. The van der Waals surface area contributed by atoms with Gasteiger partial charge in [0.25, 0.3) is 0 Å². The maximum Gasteiger partial charge on any atom is 0.0181 e. The molecule has 4 aliphatic carbocycles. The lowest BCUT2D eigenvalue weighted by Gasteiger charge is -2.68. The molecule has 0 amide bonds. The van der Waals surface area contributed by atoms with E-state index in [9.17, 15) is 0 Å². The van der Waals surface area contributed by atoms with E-state index >= 15 is 0 Å². The van der Waals surface area contributed by atoms with Crippen LogP contribution in [0, 0.1) is 16.7 Å². The highest BCUT2D eigenvalue weighted by Gasteiger charge is 2.73. The molecule has 25 heavy (non-hydrogen) atoms. The normalized spacial score (nSPS) is 44.0. The van der Waals surface area contributed by atoms with Crippen molar-refractivity contribution >= 4 is 12.6 Å². The molecule has 136 valence electrons. The Morgan fingerprint density at radius 2 is 2.12 bits per heavy atom. The second kappa shape index (κ2) is 5.76. The van der Waals surface area contributed by atoms with Crippen molar-refractivity contribution in [2.75, 3.05) is 6.54 Å². The van der Waals surface area contributed by atoms with Gasteiger partial charge in [-0.25, -0.2) is 0 Å². The molecule has 0 aromatic heterocycles. The third-order valence-corrected chi connectivity index (χ3v) is 8.93. The summed E-state index contributed by atoms with van der Waals surface area (Å²) in [4.78, 5) is 4.11. The van der Waals surface area contributed by atoms with Gasteiger partial charge in [-0.05, 0) is 85.2 Å². The van der Waals surface area contributed by atoms with E-state index < -0.39 is 0 Å². The van der Waals surface area contributed by atoms with Gasteiger partial charge in [0.1, 0.15) is 0 Å². The van der Waals surface area contributed by atoms with Crippen LogP contribution in [0.4, 0.5) is 0 Å². The highest BCUT2D eigenvalue weighted by molar-refractivity contribution is 7.84. The third kappa shape index (κ3) is 2.19. The fourth-order valence-corrected chi connectivity index (χ4v) is 7.75. The van der Waals surface area contributed by atoms with Crippen LogP contribution in [0.5, 0.6) is 0 Å². The van der Waals surface area contributed by atoms with Crippen LogP contribution in [0.25, 0.3) is 0 Å². The molecule has 4 fully saturated rings. The molecule has 0 spiro atoms. The lowest BCUT2D eigenvalue weighted by molar-refractivity contribution is -0.132. The number of nitrogens with zero attached hydrogens (tertiary/aromatic N) is 1. The number of rotatable bonds is 4. The molecule has 5 aliphatic rings. The molecule has 1 aliphatic heterocycles. The number of hydrogen-bond acceptors (Lipinski definition) is 2. The Balaban J connectivity index is 1.50. The van der Waals surface area contributed by atoms with Crippen LogP contribution in [0.3, 0.4) is 0 Å². The molecule has 0 aromatic carbocycles. The Morgan fingerprint density at radius 3 is 2.84 bits per heavy atom. The lowest BCUT2D eigenvalue weighted by atomic mass is 9.36. The number of allylic oxidation sites excluding steroid dienone is 4. The quantitative estimate of drug-likeness (QED) is 0.485. The average molecular weight is 356 g/mol. The van der Waals surface area contributed by atoms with Gasteiger partial charge in [0.05, 0.1) is 0 Å². The summed E-state index contributed by atoms with van der Waals surface area (Å²) < 4.78 is 0. The van der Waals surface area contributed by atoms with E-state index in [1.807, 2.05) is 0 Å². The fraction of sp³-hybridized carbons (Fsp3) is 0.739. The molecule has 3 saturated carbocycles. The number of hydrogen-bond donors (Lipinski definition) is 1. The zero-order valence-corrected chi connectivity index (χ0v) is 16.8. The van der Waals surface area contributed by atoms with Crippen LogP contribution in [-0.2, 0) is 0 Å². The van der Waals surface area contributed by atoms with Gasteiger partial charge in [-0.15, -0.1) is 12.6 Å². The van der Waals surface area contributed by atoms with Gasteiger partial charge >= 0.3 is 0 Å².